The molecule has 0 aromatic heterocycles. The first kappa shape index (κ1) is 16.7. The zero-order chi connectivity index (χ0) is 15.0. The molecule has 0 bridgehead atoms. The summed E-state index contributed by atoms with van der Waals surface area (Å²) in [6.07, 6.45) is 2.58. The lowest BCUT2D eigenvalue weighted by Crippen LogP contribution is -2.40. The number of aliphatic hydroxyl groups excluding tert-OH is 1. The maximum Gasteiger partial charge on any atom is 0.224 e. The Labute approximate surface area is 121 Å². The van der Waals surface area contributed by atoms with Crippen LogP contribution in [0.2, 0.25) is 0 Å². The SMILES string of the molecule is CCC[C@H](CNC(=O)Cc1ccc(CO)cc1)N(C)C. The molecule has 1 aromatic rings. The van der Waals surface area contributed by atoms with Crippen molar-refractivity contribution >= 4 is 5.91 Å². The first-order chi connectivity index (χ1) is 9.56. The summed E-state index contributed by atoms with van der Waals surface area (Å²) >= 11 is 0. The molecule has 20 heavy (non-hydrogen) atoms. The molecule has 4 heteroatoms. The van der Waals surface area contributed by atoms with Crippen LogP contribution in [-0.4, -0.2) is 42.6 Å². The molecule has 0 heterocycles. The second-order valence-corrected chi connectivity index (χ2v) is 5.36. The van der Waals surface area contributed by atoms with E-state index in [1.807, 2.05) is 38.4 Å². The van der Waals surface area contributed by atoms with Crippen LogP contribution in [0.4, 0.5) is 0 Å². The zero-order valence-corrected chi connectivity index (χ0v) is 12.7. The molecule has 0 aliphatic rings. The smallest absolute Gasteiger partial charge is 0.224 e. The number of amides is 1. The quantitative estimate of drug-likeness (QED) is 0.759. The van der Waals surface area contributed by atoms with Gasteiger partial charge in [0.05, 0.1) is 13.0 Å². The second kappa shape index (κ2) is 8.72. The molecule has 1 amide bonds. The van der Waals surface area contributed by atoms with Crippen molar-refractivity contribution in [1.29, 1.82) is 0 Å². The van der Waals surface area contributed by atoms with Crippen molar-refractivity contribution < 1.29 is 9.90 Å². The molecule has 2 N–H and O–H groups in total. The summed E-state index contributed by atoms with van der Waals surface area (Å²) in [5.41, 5.74) is 1.83. The lowest BCUT2D eigenvalue weighted by Gasteiger charge is -2.24. The minimum Gasteiger partial charge on any atom is -0.392 e. The summed E-state index contributed by atoms with van der Waals surface area (Å²) in [5, 5.41) is 12.0. The van der Waals surface area contributed by atoms with Crippen LogP contribution in [0.5, 0.6) is 0 Å². The Hall–Kier alpha value is -1.39. The number of hydrogen-bond acceptors (Lipinski definition) is 3. The number of nitrogens with zero attached hydrogens (tertiary/aromatic N) is 1. The van der Waals surface area contributed by atoms with Gasteiger partial charge in [0.1, 0.15) is 0 Å². The average molecular weight is 278 g/mol. The van der Waals surface area contributed by atoms with E-state index in [4.69, 9.17) is 5.11 Å². The molecule has 0 fully saturated rings. The van der Waals surface area contributed by atoms with Gasteiger partial charge >= 0.3 is 0 Å². The molecule has 0 unspecified atom stereocenters. The van der Waals surface area contributed by atoms with Gasteiger partial charge in [0.15, 0.2) is 0 Å². The number of hydrogen-bond donors (Lipinski definition) is 2. The normalized spacial score (nSPS) is 12.4. The van der Waals surface area contributed by atoms with Crippen LogP contribution in [0.15, 0.2) is 24.3 Å². The first-order valence-electron chi connectivity index (χ1n) is 7.18. The third-order valence-electron chi connectivity index (χ3n) is 3.46. The predicted molar refractivity (Wildman–Crippen MR) is 81.5 cm³/mol. The molecule has 1 atom stereocenters. The van der Waals surface area contributed by atoms with Gasteiger partial charge in [-0.25, -0.2) is 0 Å². The third-order valence-corrected chi connectivity index (χ3v) is 3.46. The Morgan fingerprint density at radius 2 is 1.85 bits per heavy atom. The highest BCUT2D eigenvalue weighted by Crippen LogP contribution is 2.06. The molecule has 1 rings (SSSR count). The molecule has 0 saturated heterocycles. The fourth-order valence-corrected chi connectivity index (χ4v) is 2.12. The Kier molecular flexibility index (Phi) is 7.26. The number of aliphatic hydroxyl groups is 1. The van der Waals surface area contributed by atoms with E-state index >= 15 is 0 Å². The predicted octanol–water partition coefficient (Wildman–Crippen LogP) is 1.57. The number of likely N-dealkylation sites (N-methyl/N-ethyl adjacent to an activating group) is 1. The Morgan fingerprint density at radius 3 is 2.35 bits per heavy atom. The van der Waals surface area contributed by atoms with Gasteiger partial charge in [0.25, 0.3) is 0 Å². The molecule has 0 aliphatic carbocycles. The van der Waals surface area contributed by atoms with E-state index in [0.717, 1.165) is 24.0 Å². The van der Waals surface area contributed by atoms with E-state index in [9.17, 15) is 4.79 Å². The van der Waals surface area contributed by atoms with Crippen molar-refractivity contribution in [2.24, 2.45) is 0 Å². The summed E-state index contributed by atoms with van der Waals surface area (Å²) in [4.78, 5) is 14.1. The van der Waals surface area contributed by atoms with Crippen LogP contribution in [0, 0.1) is 0 Å². The van der Waals surface area contributed by atoms with Crippen molar-refractivity contribution in [2.75, 3.05) is 20.6 Å². The molecule has 0 spiro atoms. The average Bonchev–Trinajstić information content (AvgIpc) is 2.44. The molecule has 112 valence electrons. The lowest BCUT2D eigenvalue weighted by atomic mass is 10.1. The van der Waals surface area contributed by atoms with Gasteiger partial charge in [0.2, 0.25) is 5.91 Å². The number of rotatable bonds is 8. The highest BCUT2D eigenvalue weighted by Gasteiger charge is 2.11. The molecule has 0 aliphatic heterocycles. The number of nitrogens with one attached hydrogen (secondary N) is 1. The van der Waals surface area contributed by atoms with E-state index in [-0.39, 0.29) is 12.5 Å². The zero-order valence-electron chi connectivity index (χ0n) is 12.7. The molecule has 4 nitrogen and oxygen atoms in total. The van der Waals surface area contributed by atoms with Gasteiger partial charge in [-0.3, -0.25) is 4.79 Å². The van der Waals surface area contributed by atoms with Crippen LogP contribution in [0.25, 0.3) is 0 Å². The summed E-state index contributed by atoms with van der Waals surface area (Å²) < 4.78 is 0. The fourth-order valence-electron chi connectivity index (χ4n) is 2.12. The van der Waals surface area contributed by atoms with Gasteiger partial charge in [-0.05, 0) is 31.6 Å². The lowest BCUT2D eigenvalue weighted by molar-refractivity contribution is -0.120. The largest absolute Gasteiger partial charge is 0.392 e. The minimum absolute atomic E-state index is 0.0357. The maximum atomic E-state index is 11.9. The van der Waals surface area contributed by atoms with Crippen LogP contribution < -0.4 is 5.32 Å². The summed E-state index contributed by atoms with van der Waals surface area (Å²) in [6.45, 7) is 2.88. The number of benzene rings is 1. The van der Waals surface area contributed by atoms with E-state index in [2.05, 4.69) is 17.1 Å². The van der Waals surface area contributed by atoms with Gasteiger partial charge in [-0.1, -0.05) is 37.6 Å². The maximum absolute atomic E-state index is 11.9. The number of carbonyl (C=O) groups is 1. The van der Waals surface area contributed by atoms with Crippen molar-refractivity contribution in [1.82, 2.24) is 10.2 Å². The summed E-state index contributed by atoms with van der Waals surface area (Å²) in [5.74, 6) is 0.0460. The molecule has 1 aromatic carbocycles. The van der Waals surface area contributed by atoms with Gasteiger partial charge < -0.3 is 15.3 Å². The third kappa shape index (κ3) is 5.72. The minimum atomic E-state index is 0.0357. The van der Waals surface area contributed by atoms with Gasteiger partial charge in [-0.2, -0.15) is 0 Å². The highest BCUT2D eigenvalue weighted by molar-refractivity contribution is 5.78. The van der Waals surface area contributed by atoms with E-state index in [1.165, 1.54) is 0 Å². The number of carbonyl (C=O) groups excluding carboxylic acids is 1. The van der Waals surface area contributed by atoms with Gasteiger partial charge in [0, 0.05) is 12.6 Å². The molecule has 0 saturated carbocycles. The topological polar surface area (TPSA) is 52.6 Å². The molecular formula is C16H26N2O2. The fraction of sp³-hybridized carbons (Fsp3) is 0.562. The Bertz CT molecular complexity index is 401. The summed E-state index contributed by atoms with van der Waals surface area (Å²) in [7, 11) is 4.08. The summed E-state index contributed by atoms with van der Waals surface area (Å²) in [6, 6.07) is 7.87. The van der Waals surface area contributed by atoms with Crippen LogP contribution in [0.3, 0.4) is 0 Å². The Morgan fingerprint density at radius 1 is 1.25 bits per heavy atom. The van der Waals surface area contributed by atoms with Crippen molar-refractivity contribution in [3.8, 4) is 0 Å². The second-order valence-electron chi connectivity index (χ2n) is 5.36. The first-order valence-corrected chi connectivity index (χ1v) is 7.18. The van der Waals surface area contributed by atoms with Crippen molar-refractivity contribution in [2.45, 2.75) is 38.8 Å². The Balaban J connectivity index is 2.42. The monoisotopic (exact) mass is 278 g/mol. The van der Waals surface area contributed by atoms with E-state index < -0.39 is 0 Å². The molecule has 0 radical (unpaired) electrons. The molecular weight excluding hydrogens is 252 g/mol. The van der Waals surface area contributed by atoms with Crippen LogP contribution in [0.1, 0.15) is 30.9 Å². The van der Waals surface area contributed by atoms with Gasteiger partial charge in [-0.15, -0.1) is 0 Å². The highest BCUT2D eigenvalue weighted by atomic mass is 16.3. The van der Waals surface area contributed by atoms with Crippen molar-refractivity contribution in [3.63, 3.8) is 0 Å². The van der Waals surface area contributed by atoms with Crippen LogP contribution >= 0.6 is 0 Å². The van der Waals surface area contributed by atoms with Crippen LogP contribution in [-0.2, 0) is 17.8 Å². The van der Waals surface area contributed by atoms with Crippen molar-refractivity contribution in [3.05, 3.63) is 35.4 Å². The van der Waals surface area contributed by atoms with E-state index in [0.29, 0.717) is 19.0 Å². The van der Waals surface area contributed by atoms with E-state index in [1.54, 1.807) is 0 Å². The standard InChI is InChI=1S/C16H26N2O2/c1-4-5-15(18(2)3)11-17-16(20)10-13-6-8-14(12-19)9-7-13/h6-9,15,19H,4-5,10-12H2,1-3H3,(H,17,20)/t15-/m1/s1.